The molecule has 11 heavy (non-hydrogen) atoms. The predicted molar refractivity (Wildman–Crippen MR) is 41.6 cm³/mol. The minimum absolute atomic E-state index is 0.366. The first kappa shape index (κ1) is 6.63. The van der Waals surface area contributed by atoms with E-state index in [1.54, 1.807) is 30.3 Å². The van der Waals surface area contributed by atoms with Gasteiger partial charge in [0.05, 0.1) is 5.69 Å². The number of rotatable bonds is 3. The molecule has 0 atom stereocenters. The highest BCUT2D eigenvalue weighted by Crippen LogP contribution is 2.05. The van der Waals surface area contributed by atoms with Crippen LogP contribution in [-0.2, 0) is 10.3 Å². The number of benzene rings is 1. The maximum atomic E-state index is 10.6. The number of hydrogen-bond acceptors (Lipinski definition) is 3. The lowest BCUT2D eigenvalue weighted by molar-refractivity contribution is 0.490. The Balaban J connectivity index is 2.78. The van der Waals surface area contributed by atoms with Crippen LogP contribution in [0.4, 0.5) is 5.69 Å². The summed E-state index contributed by atoms with van der Waals surface area (Å²) in [6.45, 7) is 0. The minimum atomic E-state index is -3.96. The van der Waals surface area contributed by atoms with Crippen LogP contribution in [0.3, 0.4) is 0 Å². The van der Waals surface area contributed by atoms with Gasteiger partial charge in [-0.1, -0.05) is 18.2 Å². The third-order valence-corrected chi connectivity index (χ3v) is 1.50. The molecule has 0 spiro atoms. The molecule has 0 fully saturated rings. The standard InChI is InChI=1S/C6H7NO3S/c8-11(9,10)7-6-4-2-1-3-5-6/h1-5,7H,(H,8,9,10)/i/hD. The molecule has 4 nitrogen and oxygen atoms in total. The van der Waals surface area contributed by atoms with E-state index in [4.69, 9.17) is 1.43 Å². The third kappa shape index (κ3) is 3.01. The van der Waals surface area contributed by atoms with Crippen molar-refractivity contribution >= 4 is 16.0 Å². The molecule has 0 unspecified atom stereocenters. The van der Waals surface area contributed by atoms with Gasteiger partial charge >= 0.3 is 10.3 Å². The summed E-state index contributed by atoms with van der Waals surface area (Å²) in [6.07, 6.45) is 0. The highest BCUT2D eigenvalue weighted by Gasteiger charge is 2.00. The lowest BCUT2D eigenvalue weighted by Gasteiger charge is -1.99. The Morgan fingerprint density at radius 3 is 2.55 bits per heavy atom. The van der Waals surface area contributed by atoms with Crippen molar-refractivity contribution in [1.82, 2.24) is 0 Å². The molecule has 0 amide bonds. The van der Waals surface area contributed by atoms with Gasteiger partial charge in [0.15, 0.2) is 0 Å². The van der Waals surface area contributed by atoms with Crippen molar-refractivity contribution in [1.29, 1.82) is 1.43 Å². The zero-order valence-electron chi connectivity index (χ0n) is 6.52. The molecular weight excluding hydrogens is 166 g/mol. The van der Waals surface area contributed by atoms with E-state index >= 15 is 0 Å². The summed E-state index contributed by atoms with van der Waals surface area (Å²) >= 11 is 0. The molecule has 1 aromatic rings. The van der Waals surface area contributed by atoms with Gasteiger partial charge in [-0.05, 0) is 12.1 Å². The zero-order chi connectivity index (χ0) is 9.03. The minimum Gasteiger partial charge on any atom is -0.269 e. The first-order valence-electron chi connectivity index (χ1n) is 3.27. The van der Waals surface area contributed by atoms with Crippen LogP contribution in [0.2, 0.25) is 0 Å². The van der Waals surface area contributed by atoms with Crippen molar-refractivity contribution < 1.29 is 13.0 Å². The van der Waals surface area contributed by atoms with E-state index in [1.807, 2.05) is 4.72 Å². The van der Waals surface area contributed by atoms with Crippen LogP contribution in [0.1, 0.15) is 0 Å². The highest BCUT2D eigenvalue weighted by atomic mass is 32.2. The third-order valence-electron chi connectivity index (χ3n) is 1.02. The van der Waals surface area contributed by atoms with Gasteiger partial charge in [-0.2, -0.15) is 8.42 Å². The fourth-order valence-electron chi connectivity index (χ4n) is 0.651. The summed E-state index contributed by atoms with van der Waals surface area (Å²) in [5.74, 6) is 0. The van der Waals surface area contributed by atoms with Gasteiger partial charge in [-0.3, -0.25) is 9.28 Å². The second-order valence-corrected chi connectivity index (χ2v) is 3.03. The number of anilines is 1. The SMILES string of the molecule is [2H]OS(=O)(=O)Nc1ccccc1. The van der Waals surface area contributed by atoms with E-state index < -0.39 is 10.3 Å². The molecule has 0 aliphatic carbocycles. The molecule has 0 heterocycles. The average molecular weight is 174 g/mol. The smallest absolute Gasteiger partial charge is 0.269 e. The largest absolute Gasteiger partial charge is 0.357 e. The van der Waals surface area contributed by atoms with E-state index in [9.17, 15) is 8.42 Å². The van der Waals surface area contributed by atoms with Crippen molar-refractivity contribution in [3.8, 4) is 0 Å². The van der Waals surface area contributed by atoms with Crippen LogP contribution >= 0.6 is 0 Å². The molecule has 1 aromatic carbocycles. The van der Waals surface area contributed by atoms with Crippen LogP contribution in [0.5, 0.6) is 0 Å². The normalized spacial score (nSPS) is 12.2. The molecule has 1 rings (SSSR count). The summed E-state index contributed by atoms with van der Waals surface area (Å²) in [7, 11) is -3.96. The fourth-order valence-corrected chi connectivity index (χ4v) is 1.08. The Kier molecular flexibility index (Phi) is 1.74. The first-order chi connectivity index (χ1) is 5.64. The van der Waals surface area contributed by atoms with E-state index in [1.165, 1.54) is 0 Å². The summed E-state index contributed by atoms with van der Waals surface area (Å²) in [6, 6.07) is 8.19. The number of hydrogen-bond donors (Lipinski definition) is 2. The average Bonchev–Trinajstić information content (AvgIpc) is 2.06. The van der Waals surface area contributed by atoms with E-state index in [2.05, 4.69) is 4.56 Å². The Bertz CT molecular complexity index is 337. The molecule has 5 heteroatoms. The van der Waals surface area contributed by atoms with Gasteiger partial charge < -0.3 is 0 Å². The molecule has 0 bridgehead atoms. The molecule has 0 aliphatic heterocycles. The monoisotopic (exact) mass is 174 g/mol. The van der Waals surface area contributed by atoms with Crippen LogP contribution in [0.25, 0.3) is 1.43 Å². The Morgan fingerprint density at radius 1 is 1.36 bits per heavy atom. The summed E-state index contributed by atoms with van der Waals surface area (Å²) in [4.78, 5) is 0. The van der Waals surface area contributed by atoms with Gasteiger partial charge in [0.2, 0.25) is 1.43 Å². The number of para-hydroxylation sites is 1. The van der Waals surface area contributed by atoms with Crippen LogP contribution < -0.4 is 4.72 Å². The molecule has 0 saturated heterocycles. The molecular formula is C6H7NO3S. The maximum Gasteiger partial charge on any atom is 0.357 e. The summed E-state index contributed by atoms with van der Waals surface area (Å²) in [5.41, 5.74) is 0.366. The Morgan fingerprint density at radius 2 is 2.00 bits per heavy atom. The summed E-state index contributed by atoms with van der Waals surface area (Å²) < 4.78 is 33.0. The molecule has 0 aromatic heterocycles. The van der Waals surface area contributed by atoms with E-state index in [-0.39, 0.29) is 0 Å². The Labute approximate surface area is 66.2 Å². The van der Waals surface area contributed by atoms with E-state index in [0.717, 1.165) is 0 Å². The van der Waals surface area contributed by atoms with Crippen molar-refractivity contribution in [3.05, 3.63) is 30.3 Å². The Hall–Kier alpha value is -1.07. The molecule has 60 valence electrons. The van der Waals surface area contributed by atoms with Crippen molar-refractivity contribution in [3.63, 3.8) is 0 Å². The highest BCUT2D eigenvalue weighted by molar-refractivity contribution is 7.87. The predicted octanol–water partition coefficient (Wildman–Crippen LogP) is 0.901. The summed E-state index contributed by atoms with van der Waals surface area (Å²) in [5, 5.41) is 0. The molecule has 2 N–H and O–H groups in total. The van der Waals surface area contributed by atoms with Crippen molar-refractivity contribution in [2.45, 2.75) is 0 Å². The van der Waals surface area contributed by atoms with Gasteiger partial charge in [-0.25, -0.2) is 0 Å². The number of nitrogens with one attached hydrogen (secondary N) is 1. The van der Waals surface area contributed by atoms with Crippen molar-refractivity contribution in [2.75, 3.05) is 4.72 Å². The van der Waals surface area contributed by atoms with Gasteiger partial charge in [0.1, 0.15) is 0 Å². The van der Waals surface area contributed by atoms with Crippen LogP contribution in [0, 0.1) is 0 Å². The van der Waals surface area contributed by atoms with Crippen LogP contribution in [0.15, 0.2) is 30.3 Å². The molecule has 0 radical (unpaired) electrons. The van der Waals surface area contributed by atoms with Crippen LogP contribution in [-0.4, -0.2) is 13.0 Å². The van der Waals surface area contributed by atoms with E-state index in [0.29, 0.717) is 5.69 Å². The first-order valence-corrected chi connectivity index (χ1v) is 4.27. The van der Waals surface area contributed by atoms with Crippen molar-refractivity contribution in [2.24, 2.45) is 0 Å². The lowest BCUT2D eigenvalue weighted by Crippen LogP contribution is -2.09. The molecule has 0 saturated carbocycles. The van der Waals surface area contributed by atoms with Gasteiger partial charge in [0, 0.05) is 0 Å². The van der Waals surface area contributed by atoms with Gasteiger partial charge in [0.25, 0.3) is 0 Å². The zero-order valence-corrected chi connectivity index (χ0v) is 6.34. The van der Waals surface area contributed by atoms with Gasteiger partial charge in [-0.15, -0.1) is 0 Å². The second kappa shape index (κ2) is 2.89. The molecule has 0 aliphatic rings. The topological polar surface area (TPSA) is 66.4 Å². The fraction of sp³-hybridized carbons (Fsp3) is 0. The quantitative estimate of drug-likeness (QED) is 0.669. The second-order valence-electron chi connectivity index (χ2n) is 1.92. The lowest BCUT2D eigenvalue weighted by atomic mass is 10.3. The maximum absolute atomic E-state index is 10.6.